The molecule has 1 aromatic carbocycles. The van der Waals surface area contributed by atoms with E-state index in [0.29, 0.717) is 5.56 Å². The number of nitrogens with one attached hydrogen (secondary N) is 1. The van der Waals surface area contributed by atoms with Gasteiger partial charge in [0, 0.05) is 11.4 Å². The third-order valence-corrected chi connectivity index (χ3v) is 4.04. The Hall–Kier alpha value is -1.02. The van der Waals surface area contributed by atoms with E-state index in [9.17, 15) is 4.55 Å². The molecule has 0 heterocycles. The largest absolute Gasteiger partial charge is 0.598 e. The Morgan fingerprint density at radius 3 is 2.59 bits per heavy atom. The lowest BCUT2D eigenvalue weighted by Crippen LogP contribution is -2.40. The maximum atomic E-state index is 11.9. The zero-order valence-corrected chi connectivity index (χ0v) is 11.5. The molecular weight excluding hydrogens is 232 g/mol. The number of nitriles is 1. The molecule has 3 nitrogen and oxygen atoms in total. The van der Waals surface area contributed by atoms with Crippen molar-refractivity contribution in [1.29, 1.82) is 5.26 Å². The third-order valence-electron chi connectivity index (χ3n) is 2.36. The standard InChI is InChI=1S/C13H18N2OS/c1-10(15-17(16)13(2,3)4)12-7-5-6-11(8-12)9-14/h5-8,10,15H,1-4H3/t10-,17+/m0/s1. The van der Waals surface area contributed by atoms with Gasteiger partial charge in [-0.25, -0.2) is 0 Å². The first-order valence-electron chi connectivity index (χ1n) is 5.52. The summed E-state index contributed by atoms with van der Waals surface area (Å²) in [6.07, 6.45) is 0. The van der Waals surface area contributed by atoms with E-state index in [2.05, 4.69) is 10.8 Å². The molecule has 0 unspecified atom stereocenters. The summed E-state index contributed by atoms with van der Waals surface area (Å²) >= 11 is -1.11. The third kappa shape index (κ3) is 4.04. The van der Waals surface area contributed by atoms with Crippen molar-refractivity contribution in [1.82, 2.24) is 4.72 Å². The second-order valence-electron chi connectivity index (χ2n) is 4.96. The molecule has 0 fully saturated rings. The summed E-state index contributed by atoms with van der Waals surface area (Å²) in [6, 6.07) is 9.41. The Morgan fingerprint density at radius 2 is 2.06 bits per heavy atom. The molecular formula is C13H18N2OS. The molecule has 4 heteroatoms. The molecule has 92 valence electrons. The van der Waals surface area contributed by atoms with E-state index in [4.69, 9.17) is 5.26 Å². The zero-order chi connectivity index (χ0) is 13.1. The van der Waals surface area contributed by atoms with Crippen LogP contribution in [-0.2, 0) is 11.4 Å². The fourth-order valence-corrected chi connectivity index (χ4v) is 2.09. The van der Waals surface area contributed by atoms with Gasteiger partial charge in [-0.3, -0.25) is 0 Å². The highest BCUT2D eigenvalue weighted by molar-refractivity contribution is 7.90. The van der Waals surface area contributed by atoms with Gasteiger partial charge in [-0.05, 0) is 45.4 Å². The van der Waals surface area contributed by atoms with Crippen LogP contribution in [0.15, 0.2) is 24.3 Å². The minimum absolute atomic E-state index is 0.0386. The summed E-state index contributed by atoms with van der Waals surface area (Å²) in [7, 11) is 0. The normalized spacial score (nSPS) is 15.1. The molecule has 0 saturated heterocycles. The summed E-state index contributed by atoms with van der Waals surface area (Å²) in [5, 5.41) is 8.82. The van der Waals surface area contributed by atoms with Crippen molar-refractivity contribution in [3.05, 3.63) is 35.4 Å². The lowest BCUT2D eigenvalue weighted by atomic mass is 10.1. The van der Waals surface area contributed by atoms with E-state index >= 15 is 0 Å². The monoisotopic (exact) mass is 250 g/mol. The van der Waals surface area contributed by atoms with Crippen molar-refractivity contribution in [3.8, 4) is 6.07 Å². The highest BCUT2D eigenvalue weighted by Crippen LogP contribution is 2.20. The average Bonchev–Trinajstić information content (AvgIpc) is 2.27. The van der Waals surface area contributed by atoms with E-state index in [0.717, 1.165) is 5.56 Å². The van der Waals surface area contributed by atoms with Gasteiger partial charge in [-0.1, -0.05) is 12.1 Å². The molecule has 1 aromatic rings. The molecule has 0 aliphatic carbocycles. The number of hydrogen-bond donors (Lipinski definition) is 1. The van der Waals surface area contributed by atoms with Crippen molar-refractivity contribution in [2.24, 2.45) is 0 Å². The first kappa shape index (κ1) is 14.0. The molecule has 0 aliphatic heterocycles. The SMILES string of the molecule is C[C@H](N[S@+]([O-])C(C)(C)C)c1cccc(C#N)c1. The lowest BCUT2D eigenvalue weighted by molar-refractivity contribution is 0.531. The Kier molecular flexibility index (Phi) is 4.58. The summed E-state index contributed by atoms with van der Waals surface area (Å²) < 4.78 is 14.7. The predicted molar refractivity (Wildman–Crippen MR) is 70.6 cm³/mol. The predicted octanol–water partition coefficient (Wildman–Crippen LogP) is 2.67. The smallest absolute Gasteiger partial charge is 0.136 e. The van der Waals surface area contributed by atoms with Crippen LogP contribution in [-0.4, -0.2) is 9.30 Å². The fourth-order valence-electron chi connectivity index (χ4n) is 1.28. The first-order valence-corrected chi connectivity index (χ1v) is 6.67. The van der Waals surface area contributed by atoms with Crippen LogP contribution < -0.4 is 4.72 Å². The van der Waals surface area contributed by atoms with E-state index in [-0.39, 0.29) is 10.8 Å². The minimum Gasteiger partial charge on any atom is -0.598 e. The average molecular weight is 250 g/mol. The van der Waals surface area contributed by atoms with Crippen LogP contribution in [0, 0.1) is 11.3 Å². The maximum absolute atomic E-state index is 11.9. The zero-order valence-electron chi connectivity index (χ0n) is 10.7. The molecule has 0 aromatic heterocycles. The van der Waals surface area contributed by atoms with E-state index in [1.165, 1.54) is 0 Å². The molecule has 2 atom stereocenters. The van der Waals surface area contributed by atoms with Gasteiger partial charge in [-0.2, -0.15) is 5.26 Å². The van der Waals surface area contributed by atoms with Crippen molar-refractivity contribution >= 4 is 11.4 Å². The molecule has 0 aliphatic rings. The van der Waals surface area contributed by atoms with Gasteiger partial charge >= 0.3 is 0 Å². The van der Waals surface area contributed by atoms with E-state index in [1.54, 1.807) is 6.07 Å². The molecule has 1 rings (SSSR count). The molecule has 0 bridgehead atoms. The van der Waals surface area contributed by atoms with Crippen molar-refractivity contribution in [2.75, 3.05) is 0 Å². The first-order chi connectivity index (χ1) is 7.84. The van der Waals surface area contributed by atoms with Crippen LogP contribution in [0.3, 0.4) is 0 Å². The van der Waals surface area contributed by atoms with Gasteiger partial charge < -0.3 is 4.55 Å². The number of benzene rings is 1. The maximum Gasteiger partial charge on any atom is 0.136 e. The van der Waals surface area contributed by atoms with Gasteiger partial charge in [0.1, 0.15) is 4.75 Å². The molecule has 17 heavy (non-hydrogen) atoms. The van der Waals surface area contributed by atoms with Gasteiger partial charge in [-0.15, -0.1) is 4.72 Å². The molecule has 0 radical (unpaired) electrons. The van der Waals surface area contributed by atoms with Crippen LogP contribution in [0.4, 0.5) is 0 Å². The summed E-state index contributed by atoms with van der Waals surface area (Å²) in [6.45, 7) is 7.72. The van der Waals surface area contributed by atoms with Gasteiger partial charge in [0.05, 0.1) is 17.7 Å². The number of nitrogens with zero attached hydrogens (tertiary/aromatic N) is 1. The number of rotatable bonds is 3. The Labute approximate surface area is 106 Å². The molecule has 0 saturated carbocycles. The van der Waals surface area contributed by atoms with Gasteiger partial charge in [0.15, 0.2) is 0 Å². The Morgan fingerprint density at radius 1 is 1.41 bits per heavy atom. The van der Waals surface area contributed by atoms with E-state index < -0.39 is 11.4 Å². The van der Waals surface area contributed by atoms with Crippen LogP contribution in [0.2, 0.25) is 0 Å². The van der Waals surface area contributed by atoms with Crippen molar-refractivity contribution in [3.63, 3.8) is 0 Å². The highest BCUT2D eigenvalue weighted by Gasteiger charge is 2.28. The van der Waals surface area contributed by atoms with Crippen LogP contribution in [0.25, 0.3) is 0 Å². The van der Waals surface area contributed by atoms with E-state index in [1.807, 2.05) is 45.9 Å². The minimum atomic E-state index is -1.11. The lowest BCUT2D eigenvalue weighted by Gasteiger charge is -2.26. The van der Waals surface area contributed by atoms with Crippen LogP contribution in [0.1, 0.15) is 44.9 Å². The summed E-state index contributed by atoms with van der Waals surface area (Å²) in [5.41, 5.74) is 1.60. The Bertz CT molecular complexity index is 420. The summed E-state index contributed by atoms with van der Waals surface area (Å²) in [5.74, 6) is 0. The second-order valence-corrected chi connectivity index (χ2v) is 6.96. The summed E-state index contributed by atoms with van der Waals surface area (Å²) in [4.78, 5) is 0. The van der Waals surface area contributed by atoms with Crippen LogP contribution in [0.5, 0.6) is 0 Å². The van der Waals surface area contributed by atoms with Gasteiger partial charge in [0.2, 0.25) is 0 Å². The van der Waals surface area contributed by atoms with Gasteiger partial charge in [0.25, 0.3) is 0 Å². The van der Waals surface area contributed by atoms with Crippen molar-refractivity contribution in [2.45, 2.75) is 38.5 Å². The quantitative estimate of drug-likeness (QED) is 0.839. The molecule has 0 amide bonds. The highest BCUT2D eigenvalue weighted by atomic mass is 32.2. The number of hydrogen-bond acceptors (Lipinski definition) is 3. The topological polar surface area (TPSA) is 58.9 Å². The molecule has 0 spiro atoms. The Balaban J connectivity index is 2.77. The second kappa shape index (κ2) is 5.54. The van der Waals surface area contributed by atoms with Crippen molar-refractivity contribution < 1.29 is 4.55 Å². The molecule has 1 N–H and O–H groups in total. The van der Waals surface area contributed by atoms with Crippen LogP contribution >= 0.6 is 0 Å². The fraction of sp³-hybridized carbons (Fsp3) is 0.462.